The first-order valence-corrected chi connectivity index (χ1v) is 7.03. The van der Waals surface area contributed by atoms with Gasteiger partial charge in [-0.15, -0.1) is 10.2 Å². The molecule has 1 fully saturated rings. The largest absolute Gasteiger partial charge is 0.394 e. The average Bonchev–Trinajstić information content (AvgIpc) is 2.50. The monoisotopic (exact) mass is 278 g/mol. The fourth-order valence-electron chi connectivity index (χ4n) is 2.56. The smallest absolute Gasteiger partial charge is 0.271 e. The number of hydrogen-bond donors (Lipinski definition) is 3. The van der Waals surface area contributed by atoms with Crippen molar-refractivity contribution in [1.29, 1.82) is 0 Å². The fourth-order valence-corrected chi connectivity index (χ4v) is 2.56. The zero-order chi connectivity index (χ0) is 14.6. The molecule has 0 aliphatic heterocycles. The second kappa shape index (κ2) is 6.17. The lowest BCUT2D eigenvalue weighted by atomic mass is 9.77. The average molecular weight is 278 g/mol. The Morgan fingerprint density at radius 2 is 2.10 bits per heavy atom. The molecule has 1 saturated carbocycles. The lowest BCUT2D eigenvalue weighted by molar-refractivity contribution is 0.0957. The summed E-state index contributed by atoms with van der Waals surface area (Å²) < 4.78 is 0. The van der Waals surface area contributed by atoms with Crippen LogP contribution >= 0.6 is 0 Å². The van der Waals surface area contributed by atoms with Gasteiger partial charge in [0.1, 0.15) is 5.82 Å². The van der Waals surface area contributed by atoms with Crippen molar-refractivity contribution in [1.82, 2.24) is 15.5 Å². The van der Waals surface area contributed by atoms with Crippen molar-refractivity contribution in [2.75, 3.05) is 19.0 Å². The van der Waals surface area contributed by atoms with E-state index in [0.29, 0.717) is 11.7 Å². The topological polar surface area (TPSA) is 87.1 Å². The second-order valence-corrected chi connectivity index (χ2v) is 5.63. The van der Waals surface area contributed by atoms with Gasteiger partial charge in [0, 0.05) is 7.05 Å². The van der Waals surface area contributed by atoms with Crippen molar-refractivity contribution in [3.8, 4) is 0 Å². The van der Waals surface area contributed by atoms with Gasteiger partial charge in [0.25, 0.3) is 5.91 Å². The summed E-state index contributed by atoms with van der Waals surface area (Å²) in [6, 6.07) is 3.36. The highest BCUT2D eigenvalue weighted by molar-refractivity contribution is 5.91. The second-order valence-electron chi connectivity index (χ2n) is 5.63. The van der Waals surface area contributed by atoms with Gasteiger partial charge >= 0.3 is 0 Å². The Balaban J connectivity index is 2.06. The lowest BCUT2D eigenvalue weighted by Crippen LogP contribution is -2.45. The van der Waals surface area contributed by atoms with E-state index >= 15 is 0 Å². The van der Waals surface area contributed by atoms with E-state index in [1.54, 1.807) is 19.2 Å². The van der Waals surface area contributed by atoms with Gasteiger partial charge in [-0.2, -0.15) is 0 Å². The van der Waals surface area contributed by atoms with Crippen LogP contribution in [0.2, 0.25) is 0 Å². The minimum Gasteiger partial charge on any atom is -0.394 e. The zero-order valence-electron chi connectivity index (χ0n) is 12.0. The molecule has 20 heavy (non-hydrogen) atoms. The van der Waals surface area contributed by atoms with E-state index < -0.39 is 0 Å². The molecule has 0 saturated heterocycles. The number of nitrogens with zero attached hydrogens (tertiary/aromatic N) is 2. The van der Waals surface area contributed by atoms with Gasteiger partial charge in [-0.1, -0.05) is 6.92 Å². The molecule has 2 rings (SSSR count). The third-order valence-electron chi connectivity index (χ3n) is 4.05. The van der Waals surface area contributed by atoms with Crippen LogP contribution in [0, 0.1) is 5.92 Å². The first-order valence-electron chi connectivity index (χ1n) is 7.03. The van der Waals surface area contributed by atoms with Gasteiger partial charge in [0.05, 0.1) is 12.1 Å². The highest BCUT2D eigenvalue weighted by Gasteiger charge is 2.33. The number of carbonyl (C=O) groups excluding carboxylic acids is 1. The number of anilines is 1. The number of carbonyl (C=O) groups is 1. The Morgan fingerprint density at radius 3 is 2.60 bits per heavy atom. The molecular formula is C14H22N4O2. The molecule has 0 atom stereocenters. The summed E-state index contributed by atoms with van der Waals surface area (Å²) in [5.74, 6) is 1.05. The van der Waals surface area contributed by atoms with Crippen LogP contribution in [0.5, 0.6) is 0 Å². The number of aromatic nitrogens is 2. The van der Waals surface area contributed by atoms with Gasteiger partial charge in [0.15, 0.2) is 5.69 Å². The Morgan fingerprint density at radius 1 is 1.40 bits per heavy atom. The van der Waals surface area contributed by atoms with E-state index in [1.807, 2.05) is 0 Å². The number of hydrogen-bond acceptors (Lipinski definition) is 5. The quantitative estimate of drug-likeness (QED) is 0.770. The minimum atomic E-state index is -0.310. The highest BCUT2D eigenvalue weighted by Crippen LogP contribution is 2.33. The van der Waals surface area contributed by atoms with Crippen LogP contribution in [0.1, 0.15) is 43.1 Å². The van der Waals surface area contributed by atoms with Crippen molar-refractivity contribution in [3.63, 3.8) is 0 Å². The number of rotatable bonds is 4. The summed E-state index contributed by atoms with van der Waals surface area (Å²) in [4.78, 5) is 11.4. The van der Waals surface area contributed by atoms with Gasteiger partial charge in [-0.3, -0.25) is 4.79 Å². The Bertz CT molecular complexity index is 453. The summed E-state index contributed by atoms with van der Waals surface area (Å²) in [6.07, 6.45) is 4.03. The summed E-state index contributed by atoms with van der Waals surface area (Å²) >= 11 is 0. The minimum absolute atomic E-state index is 0.0819. The van der Waals surface area contributed by atoms with Crippen molar-refractivity contribution in [3.05, 3.63) is 17.8 Å². The molecule has 1 aromatic rings. The third-order valence-corrected chi connectivity index (χ3v) is 4.05. The SMILES string of the molecule is CNC(=O)c1ccc(NC2(CO)CCC(C)CC2)nn1. The molecular weight excluding hydrogens is 256 g/mol. The summed E-state index contributed by atoms with van der Waals surface area (Å²) in [7, 11) is 1.56. The molecule has 6 nitrogen and oxygen atoms in total. The van der Waals surface area contributed by atoms with Gasteiger partial charge < -0.3 is 15.7 Å². The summed E-state index contributed by atoms with van der Waals surface area (Å²) in [5, 5.41) is 23.4. The van der Waals surface area contributed by atoms with Gasteiger partial charge in [-0.25, -0.2) is 0 Å². The van der Waals surface area contributed by atoms with Crippen molar-refractivity contribution in [2.24, 2.45) is 5.92 Å². The highest BCUT2D eigenvalue weighted by atomic mass is 16.3. The van der Waals surface area contributed by atoms with Crippen molar-refractivity contribution < 1.29 is 9.90 Å². The van der Waals surface area contributed by atoms with E-state index in [-0.39, 0.29) is 23.7 Å². The third kappa shape index (κ3) is 3.25. The molecule has 3 N–H and O–H groups in total. The molecule has 0 aromatic carbocycles. The van der Waals surface area contributed by atoms with E-state index in [9.17, 15) is 9.90 Å². The van der Waals surface area contributed by atoms with Gasteiger partial charge in [0.2, 0.25) is 0 Å². The van der Waals surface area contributed by atoms with E-state index in [4.69, 9.17) is 0 Å². The van der Waals surface area contributed by atoms with Crippen LogP contribution in [0.4, 0.5) is 5.82 Å². The molecule has 6 heteroatoms. The number of nitrogens with one attached hydrogen (secondary N) is 2. The molecule has 1 amide bonds. The first-order chi connectivity index (χ1) is 9.58. The first kappa shape index (κ1) is 14.7. The molecule has 1 aromatic heterocycles. The Labute approximate surface area is 119 Å². The molecule has 0 bridgehead atoms. The Hall–Kier alpha value is -1.69. The predicted molar refractivity (Wildman–Crippen MR) is 76.5 cm³/mol. The normalized spacial score (nSPS) is 26.1. The van der Waals surface area contributed by atoms with Crippen LogP contribution in [0.3, 0.4) is 0 Å². The van der Waals surface area contributed by atoms with Crippen LogP contribution in [0.25, 0.3) is 0 Å². The molecule has 0 unspecified atom stereocenters. The van der Waals surface area contributed by atoms with E-state index in [2.05, 4.69) is 27.8 Å². The predicted octanol–water partition coefficient (Wildman–Crippen LogP) is 1.19. The zero-order valence-corrected chi connectivity index (χ0v) is 12.0. The number of aliphatic hydroxyl groups is 1. The van der Waals surface area contributed by atoms with Crippen LogP contribution < -0.4 is 10.6 Å². The summed E-state index contributed by atoms with van der Waals surface area (Å²) in [6.45, 7) is 2.32. The molecule has 0 spiro atoms. The van der Waals surface area contributed by atoms with Gasteiger partial charge in [-0.05, 0) is 43.7 Å². The standard InChI is InChI=1S/C14H22N4O2/c1-10-5-7-14(9-19,8-6-10)16-12-4-3-11(17-18-12)13(20)15-2/h3-4,10,19H,5-9H2,1-2H3,(H,15,20)(H,16,18). The molecule has 0 radical (unpaired) electrons. The van der Waals surface area contributed by atoms with Crippen molar-refractivity contribution >= 4 is 11.7 Å². The maximum Gasteiger partial charge on any atom is 0.271 e. The summed E-state index contributed by atoms with van der Waals surface area (Å²) in [5.41, 5.74) is -0.0243. The van der Waals surface area contributed by atoms with Crippen LogP contribution in [-0.4, -0.2) is 40.4 Å². The van der Waals surface area contributed by atoms with E-state index in [1.165, 1.54) is 0 Å². The molecule has 1 heterocycles. The molecule has 1 aliphatic rings. The molecule has 1 aliphatic carbocycles. The van der Waals surface area contributed by atoms with E-state index in [0.717, 1.165) is 25.7 Å². The maximum atomic E-state index is 11.4. The molecule has 110 valence electrons. The number of aliphatic hydroxyl groups excluding tert-OH is 1. The fraction of sp³-hybridized carbons (Fsp3) is 0.643. The number of amides is 1. The van der Waals surface area contributed by atoms with Crippen molar-refractivity contribution in [2.45, 2.75) is 38.1 Å². The van der Waals surface area contributed by atoms with Crippen LogP contribution in [-0.2, 0) is 0 Å². The lowest BCUT2D eigenvalue weighted by Gasteiger charge is -2.39. The maximum absolute atomic E-state index is 11.4. The van der Waals surface area contributed by atoms with Crippen LogP contribution in [0.15, 0.2) is 12.1 Å². The Kier molecular flexibility index (Phi) is 4.54.